The van der Waals surface area contributed by atoms with Crippen LogP contribution in [0.2, 0.25) is 0 Å². The van der Waals surface area contributed by atoms with Gasteiger partial charge < -0.3 is 5.32 Å². The van der Waals surface area contributed by atoms with Crippen molar-refractivity contribution >= 4 is 11.6 Å². The van der Waals surface area contributed by atoms with Gasteiger partial charge in [-0.05, 0) is 6.92 Å². The minimum Gasteiger partial charge on any atom is -0.362 e. The first kappa shape index (κ1) is 9.37. The van der Waals surface area contributed by atoms with Crippen LogP contribution in [0.5, 0.6) is 0 Å². The fourth-order valence-corrected chi connectivity index (χ4v) is 0.720. The Balaban J connectivity index is 2.81. The Bertz CT molecular complexity index is 374. The summed E-state index contributed by atoms with van der Waals surface area (Å²) < 4.78 is 12.8. The van der Waals surface area contributed by atoms with E-state index in [9.17, 15) is 14.0 Å². The SMILES string of the molecule is CC(=O)CNc1[nH]c(=O)ncc1F. The van der Waals surface area contributed by atoms with E-state index in [-0.39, 0.29) is 18.1 Å². The Morgan fingerprint density at radius 1 is 1.77 bits per heavy atom. The number of Topliss-reactive ketones (excluding diaryl/α,β-unsaturated/α-hetero) is 1. The summed E-state index contributed by atoms with van der Waals surface area (Å²) in [4.78, 5) is 26.4. The summed E-state index contributed by atoms with van der Waals surface area (Å²) in [6, 6.07) is 0. The van der Waals surface area contributed by atoms with Gasteiger partial charge in [-0.1, -0.05) is 0 Å². The van der Waals surface area contributed by atoms with Crippen molar-refractivity contribution < 1.29 is 9.18 Å². The van der Waals surface area contributed by atoms with Crippen molar-refractivity contribution in [1.29, 1.82) is 0 Å². The molecule has 0 aliphatic heterocycles. The van der Waals surface area contributed by atoms with Gasteiger partial charge in [0, 0.05) is 0 Å². The van der Waals surface area contributed by atoms with Gasteiger partial charge in [-0.2, -0.15) is 4.98 Å². The molecule has 5 nitrogen and oxygen atoms in total. The summed E-state index contributed by atoms with van der Waals surface area (Å²) in [5.41, 5.74) is -0.660. The zero-order valence-electron chi connectivity index (χ0n) is 6.93. The highest BCUT2D eigenvalue weighted by atomic mass is 19.1. The van der Waals surface area contributed by atoms with Gasteiger partial charge in [0.25, 0.3) is 0 Å². The second-order valence-corrected chi connectivity index (χ2v) is 2.47. The predicted molar refractivity (Wildman–Crippen MR) is 44.0 cm³/mol. The molecule has 0 aromatic carbocycles. The third kappa shape index (κ3) is 2.66. The number of H-pyrrole nitrogens is 1. The van der Waals surface area contributed by atoms with Gasteiger partial charge in [0.1, 0.15) is 11.6 Å². The maximum absolute atomic E-state index is 12.8. The number of nitrogens with one attached hydrogen (secondary N) is 2. The fraction of sp³-hybridized carbons (Fsp3) is 0.286. The lowest BCUT2D eigenvalue weighted by molar-refractivity contribution is -0.115. The first-order valence-electron chi connectivity index (χ1n) is 3.57. The van der Waals surface area contributed by atoms with Crippen LogP contribution in [0.1, 0.15) is 6.92 Å². The molecule has 0 saturated heterocycles. The molecule has 1 aromatic heterocycles. The van der Waals surface area contributed by atoms with E-state index in [1.165, 1.54) is 6.92 Å². The van der Waals surface area contributed by atoms with Gasteiger partial charge in [-0.15, -0.1) is 0 Å². The Kier molecular flexibility index (Phi) is 2.73. The van der Waals surface area contributed by atoms with E-state index in [1.807, 2.05) is 0 Å². The summed E-state index contributed by atoms with van der Waals surface area (Å²) in [5.74, 6) is -0.965. The van der Waals surface area contributed by atoms with Gasteiger partial charge in [0.15, 0.2) is 5.82 Å². The molecule has 2 N–H and O–H groups in total. The Morgan fingerprint density at radius 2 is 2.46 bits per heavy atom. The molecular formula is C7H8FN3O2. The summed E-state index contributed by atoms with van der Waals surface area (Å²) in [7, 11) is 0. The highest BCUT2D eigenvalue weighted by Gasteiger charge is 2.03. The molecule has 0 bridgehead atoms. The number of nitrogens with zero attached hydrogens (tertiary/aromatic N) is 1. The minimum atomic E-state index is -0.694. The fourth-order valence-electron chi connectivity index (χ4n) is 0.720. The number of carbonyl (C=O) groups excluding carboxylic acids is 1. The molecule has 0 amide bonds. The maximum atomic E-state index is 12.8. The van der Waals surface area contributed by atoms with Crippen molar-refractivity contribution in [1.82, 2.24) is 9.97 Å². The first-order valence-corrected chi connectivity index (χ1v) is 3.57. The van der Waals surface area contributed by atoms with Crippen molar-refractivity contribution in [3.63, 3.8) is 0 Å². The number of rotatable bonds is 3. The molecule has 0 aliphatic carbocycles. The lowest BCUT2D eigenvalue weighted by Gasteiger charge is -2.02. The second-order valence-electron chi connectivity index (χ2n) is 2.47. The molecular weight excluding hydrogens is 177 g/mol. The van der Waals surface area contributed by atoms with Gasteiger partial charge in [0.05, 0.1) is 12.7 Å². The number of ketones is 1. The standard InChI is InChI=1S/C7H8FN3O2/c1-4(12)2-9-6-5(8)3-10-7(13)11-6/h3H,2H2,1H3,(H2,9,10,11,13). The van der Waals surface area contributed by atoms with Gasteiger partial charge >= 0.3 is 5.69 Å². The molecule has 1 heterocycles. The van der Waals surface area contributed by atoms with Crippen LogP contribution in [0, 0.1) is 5.82 Å². The molecule has 1 aromatic rings. The largest absolute Gasteiger partial charge is 0.362 e. The van der Waals surface area contributed by atoms with Crippen LogP contribution in [0.15, 0.2) is 11.0 Å². The number of hydrogen-bond donors (Lipinski definition) is 2. The third-order valence-corrected chi connectivity index (χ3v) is 1.28. The van der Waals surface area contributed by atoms with Crippen LogP contribution in [0.25, 0.3) is 0 Å². The molecule has 13 heavy (non-hydrogen) atoms. The molecule has 0 atom stereocenters. The van der Waals surface area contributed by atoms with Crippen LogP contribution in [-0.4, -0.2) is 22.3 Å². The zero-order valence-corrected chi connectivity index (χ0v) is 6.93. The number of carbonyl (C=O) groups is 1. The predicted octanol–water partition coefficient (Wildman–Crippen LogP) is -0.0901. The second kappa shape index (κ2) is 3.79. The Morgan fingerprint density at radius 3 is 3.08 bits per heavy atom. The van der Waals surface area contributed by atoms with E-state index >= 15 is 0 Å². The molecule has 6 heteroatoms. The van der Waals surface area contributed by atoms with Crippen molar-refractivity contribution in [2.24, 2.45) is 0 Å². The molecule has 0 aliphatic rings. The van der Waals surface area contributed by atoms with Gasteiger partial charge in [0.2, 0.25) is 0 Å². The van der Waals surface area contributed by atoms with Crippen molar-refractivity contribution in [3.8, 4) is 0 Å². The van der Waals surface area contributed by atoms with E-state index < -0.39 is 11.5 Å². The van der Waals surface area contributed by atoms with Gasteiger partial charge in [-0.25, -0.2) is 9.18 Å². The van der Waals surface area contributed by atoms with Crippen molar-refractivity contribution in [2.45, 2.75) is 6.92 Å². The number of halogens is 1. The van der Waals surface area contributed by atoms with E-state index in [1.54, 1.807) is 0 Å². The highest BCUT2D eigenvalue weighted by Crippen LogP contribution is 2.03. The normalized spacial score (nSPS) is 9.69. The van der Waals surface area contributed by atoms with E-state index in [2.05, 4.69) is 15.3 Å². The average Bonchev–Trinajstić information content (AvgIpc) is 2.06. The first-order chi connectivity index (χ1) is 6.09. The lowest BCUT2D eigenvalue weighted by atomic mass is 10.4. The maximum Gasteiger partial charge on any atom is 0.346 e. The Labute approximate surface area is 73.0 Å². The summed E-state index contributed by atoms with van der Waals surface area (Å²) >= 11 is 0. The molecule has 0 spiro atoms. The van der Waals surface area contributed by atoms with Crippen molar-refractivity contribution in [2.75, 3.05) is 11.9 Å². The molecule has 0 radical (unpaired) electrons. The average molecular weight is 185 g/mol. The molecule has 0 unspecified atom stereocenters. The van der Waals surface area contributed by atoms with Crippen LogP contribution in [-0.2, 0) is 4.79 Å². The topological polar surface area (TPSA) is 74.8 Å². The summed E-state index contributed by atoms with van der Waals surface area (Å²) in [6.07, 6.45) is 0.793. The number of aromatic amines is 1. The van der Waals surface area contributed by atoms with E-state index in [0.717, 1.165) is 6.20 Å². The molecule has 70 valence electrons. The minimum absolute atomic E-state index is 0.0309. The lowest BCUT2D eigenvalue weighted by Crippen LogP contribution is -2.18. The molecule has 1 rings (SSSR count). The monoisotopic (exact) mass is 185 g/mol. The number of anilines is 1. The van der Waals surface area contributed by atoms with Crippen LogP contribution in [0.4, 0.5) is 10.2 Å². The summed E-state index contributed by atoms with van der Waals surface area (Å²) in [6.45, 7) is 1.32. The van der Waals surface area contributed by atoms with Crippen LogP contribution in [0.3, 0.4) is 0 Å². The quantitative estimate of drug-likeness (QED) is 0.690. The molecule has 0 saturated carbocycles. The molecule has 0 fully saturated rings. The van der Waals surface area contributed by atoms with Crippen LogP contribution >= 0.6 is 0 Å². The van der Waals surface area contributed by atoms with Gasteiger partial charge in [-0.3, -0.25) is 9.78 Å². The summed E-state index contributed by atoms with van der Waals surface area (Å²) in [5, 5.41) is 2.43. The smallest absolute Gasteiger partial charge is 0.346 e. The highest BCUT2D eigenvalue weighted by molar-refractivity contribution is 5.79. The number of aromatic nitrogens is 2. The van der Waals surface area contributed by atoms with Crippen LogP contribution < -0.4 is 11.0 Å². The third-order valence-electron chi connectivity index (χ3n) is 1.28. The number of hydrogen-bond acceptors (Lipinski definition) is 4. The van der Waals surface area contributed by atoms with Crippen molar-refractivity contribution in [3.05, 3.63) is 22.5 Å². The Hall–Kier alpha value is -1.72. The van der Waals surface area contributed by atoms with E-state index in [0.29, 0.717) is 0 Å². The zero-order chi connectivity index (χ0) is 9.84. The van der Waals surface area contributed by atoms with E-state index in [4.69, 9.17) is 0 Å².